The molecule has 0 atom stereocenters. The minimum atomic E-state index is -5.61. The van der Waals surface area contributed by atoms with E-state index in [-0.39, 0.29) is 4.47 Å². The highest BCUT2D eigenvalue weighted by molar-refractivity contribution is 9.10. The Balaban J connectivity index is 1.76. The van der Waals surface area contributed by atoms with Gasteiger partial charge >= 0.3 is 13.3 Å². The number of para-hydroxylation sites is 1. The van der Waals surface area contributed by atoms with Gasteiger partial charge in [0.15, 0.2) is 0 Å². The standard InChI is InChI=1S/C21H21BrF2NO3P/c22-18-12-14(10-11-17(18)21(23,24)29(26,27)28)13-25-19-8-3-1-2-6-15(19)16-7-4-5-9-20(16)25/h4-5,7,9-12H,1-3,6,8,13H2,(H2,26,27,28). The molecule has 0 fully saturated rings. The zero-order chi connectivity index (χ0) is 20.8. The molecule has 29 heavy (non-hydrogen) atoms. The van der Waals surface area contributed by atoms with E-state index < -0.39 is 18.8 Å². The second-order valence-electron chi connectivity index (χ2n) is 7.49. The van der Waals surface area contributed by atoms with E-state index in [0.717, 1.165) is 36.4 Å². The Bertz CT molecular complexity index is 1120. The minimum Gasteiger partial charge on any atom is -0.340 e. The summed E-state index contributed by atoms with van der Waals surface area (Å²) in [4.78, 5) is 18.0. The van der Waals surface area contributed by atoms with E-state index in [9.17, 15) is 13.3 Å². The molecule has 4 nitrogen and oxygen atoms in total. The smallest absolute Gasteiger partial charge is 0.340 e. The summed E-state index contributed by atoms with van der Waals surface area (Å²) in [6.07, 6.45) is 5.51. The molecular formula is C21H21BrF2NO3P. The van der Waals surface area contributed by atoms with Crippen molar-refractivity contribution in [1.82, 2.24) is 4.57 Å². The number of nitrogens with zero attached hydrogens (tertiary/aromatic N) is 1. The lowest BCUT2D eigenvalue weighted by atomic mass is 10.1. The normalized spacial score (nSPS) is 15.3. The Labute approximate surface area is 175 Å². The molecular weight excluding hydrogens is 463 g/mol. The zero-order valence-electron chi connectivity index (χ0n) is 15.6. The third kappa shape index (κ3) is 3.70. The second-order valence-corrected chi connectivity index (χ2v) is 9.99. The van der Waals surface area contributed by atoms with Crippen molar-refractivity contribution < 1.29 is 23.1 Å². The lowest BCUT2D eigenvalue weighted by Gasteiger charge is -2.20. The number of halogens is 3. The summed E-state index contributed by atoms with van der Waals surface area (Å²) >= 11 is 3.08. The van der Waals surface area contributed by atoms with Gasteiger partial charge in [-0.3, -0.25) is 4.57 Å². The van der Waals surface area contributed by atoms with E-state index in [0.29, 0.717) is 6.54 Å². The van der Waals surface area contributed by atoms with Gasteiger partial charge in [-0.15, -0.1) is 0 Å². The molecule has 3 aromatic rings. The lowest BCUT2D eigenvalue weighted by Crippen LogP contribution is -2.15. The number of alkyl halides is 2. The van der Waals surface area contributed by atoms with Gasteiger partial charge in [-0.05, 0) is 48.9 Å². The van der Waals surface area contributed by atoms with E-state index in [1.165, 1.54) is 41.6 Å². The van der Waals surface area contributed by atoms with Crippen molar-refractivity contribution in [2.45, 2.75) is 44.3 Å². The maximum absolute atomic E-state index is 14.1. The maximum atomic E-state index is 14.1. The van der Waals surface area contributed by atoms with E-state index in [4.69, 9.17) is 9.79 Å². The van der Waals surface area contributed by atoms with Crippen LogP contribution in [-0.4, -0.2) is 14.4 Å². The molecule has 2 aromatic carbocycles. The first-order chi connectivity index (χ1) is 13.7. The van der Waals surface area contributed by atoms with Crippen molar-refractivity contribution in [3.05, 3.63) is 69.3 Å². The van der Waals surface area contributed by atoms with Crippen molar-refractivity contribution in [3.63, 3.8) is 0 Å². The van der Waals surface area contributed by atoms with Crippen LogP contribution < -0.4 is 0 Å². The third-order valence-electron chi connectivity index (χ3n) is 5.60. The predicted octanol–water partition coefficient (Wildman–Crippen LogP) is 5.95. The number of aromatic nitrogens is 1. The minimum absolute atomic E-state index is 0.00845. The van der Waals surface area contributed by atoms with Crippen LogP contribution in [0.4, 0.5) is 8.78 Å². The van der Waals surface area contributed by atoms with Crippen LogP contribution in [-0.2, 0) is 29.6 Å². The number of aryl methyl sites for hydroxylation is 1. The van der Waals surface area contributed by atoms with Gasteiger partial charge in [0, 0.05) is 33.2 Å². The van der Waals surface area contributed by atoms with Crippen molar-refractivity contribution in [2.24, 2.45) is 0 Å². The van der Waals surface area contributed by atoms with E-state index in [1.54, 1.807) is 0 Å². The molecule has 1 heterocycles. The summed E-state index contributed by atoms with van der Waals surface area (Å²) < 4.78 is 41.7. The Kier molecular flexibility index (Phi) is 5.45. The fraction of sp³-hybridized carbons (Fsp3) is 0.333. The van der Waals surface area contributed by atoms with Crippen LogP contribution in [0.1, 0.15) is 41.6 Å². The highest BCUT2D eigenvalue weighted by atomic mass is 79.9. The Morgan fingerprint density at radius 1 is 1.07 bits per heavy atom. The summed E-state index contributed by atoms with van der Waals surface area (Å²) in [5.74, 6) is 0. The van der Waals surface area contributed by atoms with E-state index in [2.05, 4.69) is 32.6 Å². The van der Waals surface area contributed by atoms with Crippen LogP contribution in [0.15, 0.2) is 46.9 Å². The van der Waals surface area contributed by atoms with Crippen molar-refractivity contribution in [3.8, 4) is 0 Å². The summed E-state index contributed by atoms with van der Waals surface area (Å²) in [5, 5.41) is 1.24. The number of fused-ring (bicyclic) bond motifs is 3. The van der Waals surface area contributed by atoms with Crippen LogP contribution >= 0.6 is 23.5 Å². The third-order valence-corrected chi connectivity index (χ3v) is 7.23. The predicted molar refractivity (Wildman–Crippen MR) is 112 cm³/mol. The molecule has 0 bridgehead atoms. The fourth-order valence-electron chi connectivity index (χ4n) is 4.18. The van der Waals surface area contributed by atoms with Crippen molar-refractivity contribution >= 4 is 34.4 Å². The quantitative estimate of drug-likeness (QED) is 0.356. The molecule has 1 aliphatic rings. The first kappa shape index (κ1) is 20.7. The summed E-state index contributed by atoms with van der Waals surface area (Å²) in [6.45, 7) is 0.510. The van der Waals surface area contributed by atoms with Crippen molar-refractivity contribution in [1.29, 1.82) is 0 Å². The number of hydrogen-bond donors (Lipinski definition) is 2. The molecule has 0 saturated heterocycles. The highest BCUT2D eigenvalue weighted by Crippen LogP contribution is 2.60. The second kappa shape index (κ2) is 7.62. The average molecular weight is 484 g/mol. The lowest BCUT2D eigenvalue weighted by molar-refractivity contribution is 0.0557. The fourth-order valence-corrected chi connectivity index (χ4v) is 5.52. The van der Waals surface area contributed by atoms with Gasteiger partial charge in [0.1, 0.15) is 0 Å². The monoisotopic (exact) mass is 483 g/mol. The van der Waals surface area contributed by atoms with Crippen molar-refractivity contribution in [2.75, 3.05) is 0 Å². The topological polar surface area (TPSA) is 62.5 Å². The molecule has 4 rings (SSSR count). The zero-order valence-corrected chi connectivity index (χ0v) is 18.1. The molecule has 1 aliphatic carbocycles. The van der Waals surface area contributed by atoms with Gasteiger partial charge in [0.05, 0.1) is 0 Å². The Morgan fingerprint density at radius 2 is 1.79 bits per heavy atom. The Morgan fingerprint density at radius 3 is 2.52 bits per heavy atom. The van der Waals surface area contributed by atoms with Gasteiger partial charge in [0.25, 0.3) is 0 Å². The molecule has 0 amide bonds. The number of benzene rings is 2. The maximum Gasteiger partial charge on any atom is 0.399 e. The van der Waals surface area contributed by atoms with Crippen LogP contribution in [0.2, 0.25) is 0 Å². The van der Waals surface area contributed by atoms with Gasteiger partial charge in [0.2, 0.25) is 0 Å². The highest BCUT2D eigenvalue weighted by Gasteiger charge is 2.51. The largest absolute Gasteiger partial charge is 0.399 e. The average Bonchev–Trinajstić information content (AvgIpc) is 2.81. The van der Waals surface area contributed by atoms with E-state index >= 15 is 0 Å². The molecule has 0 aliphatic heterocycles. The first-order valence-electron chi connectivity index (χ1n) is 9.51. The molecule has 8 heteroatoms. The summed E-state index contributed by atoms with van der Waals surface area (Å²) in [7, 11) is -5.61. The van der Waals surface area contributed by atoms with Crippen LogP contribution in [0, 0.1) is 0 Å². The molecule has 0 radical (unpaired) electrons. The van der Waals surface area contributed by atoms with Crippen LogP contribution in [0.25, 0.3) is 10.9 Å². The van der Waals surface area contributed by atoms with Gasteiger partial charge < -0.3 is 14.4 Å². The molecule has 154 valence electrons. The van der Waals surface area contributed by atoms with E-state index in [1.807, 2.05) is 12.1 Å². The molecule has 1 aromatic heterocycles. The van der Waals surface area contributed by atoms with Gasteiger partial charge in [-0.1, -0.05) is 52.7 Å². The SMILES string of the molecule is O=P(O)(O)C(F)(F)c1ccc(Cn2c3c(c4ccccc42)CCCCC3)cc1Br. The number of hydrogen-bond acceptors (Lipinski definition) is 1. The Hall–Kier alpha value is -1.53. The summed E-state index contributed by atoms with van der Waals surface area (Å²) in [6, 6.07) is 12.4. The molecule has 0 unspecified atom stereocenters. The molecule has 0 spiro atoms. The van der Waals surface area contributed by atoms with Gasteiger partial charge in [-0.2, -0.15) is 8.78 Å². The van der Waals surface area contributed by atoms with Gasteiger partial charge in [-0.25, -0.2) is 0 Å². The number of rotatable bonds is 4. The first-order valence-corrected chi connectivity index (χ1v) is 11.9. The van der Waals surface area contributed by atoms with Crippen LogP contribution in [0.5, 0.6) is 0 Å². The molecule has 0 saturated carbocycles. The van der Waals surface area contributed by atoms with Crippen LogP contribution in [0.3, 0.4) is 0 Å². The summed E-state index contributed by atoms with van der Waals surface area (Å²) in [5.41, 5.74) is -0.353. The molecule has 2 N–H and O–H groups in total.